The number of amides is 1. The first-order chi connectivity index (χ1) is 9.24. The zero-order chi connectivity index (χ0) is 13.2. The van der Waals surface area contributed by atoms with Gasteiger partial charge in [0.2, 0.25) is 5.91 Å². The van der Waals surface area contributed by atoms with Gasteiger partial charge >= 0.3 is 0 Å². The summed E-state index contributed by atoms with van der Waals surface area (Å²) < 4.78 is 0. The Labute approximate surface area is 115 Å². The molecule has 100 valence electrons. The van der Waals surface area contributed by atoms with Crippen molar-refractivity contribution in [3.05, 3.63) is 35.9 Å². The summed E-state index contributed by atoms with van der Waals surface area (Å²) in [7, 11) is 1.16. The summed E-state index contributed by atoms with van der Waals surface area (Å²) in [6, 6.07) is 10.6. The molecule has 1 heterocycles. The Morgan fingerprint density at radius 1 is 1.26 bits per heavy atom. The van der Waals surface area contributed by atoms with Gasteiger partial charge in [0.1, 0.15) is 0 Å². The van der Waals surface area contributed by atoms with Crippen molar-refractivity contribution in [2.45, 2.75) is 44.2 Å². The molecule has 1 amide bonds. The molecule has 3 rings (SSSR count). The van der Waals surface area contributed by atoms with Crippen LogP contribution in [0.1, 0.15) is 37.7 Å². The SMILES string of the molecule is CC1NC(=O)C(NP=C2CC2)CC1c1ccccc1. The first-order valence-electron chi connectivity index (χ1n) is 6.90. The zero-order valence-corrected chi connectivity index (χ0v) is 12.0. The van der Waals surface area contributed by atoms with Crippen molar-refractivity contribution in [3.8, 4) is 0 Å². The van der Waals surface area contributed by atoms with E-state index in [0.717, 1.165) is 14.8 Å². The highest BCUT2D eigenvalue weighted by molar-refractivity contribution is 7.39. The Balaban J connectivity index is 1.73. The Kier molecular flexibility index (Phi) is 3.67. The maximum Gasteiger partial charge on any atom is 0.238 e. The summed E-state index contributed by atoms with van der Waals surface area (Å²) in [5.41, 5.74) is 1.32. The number of piperidine rings is 1. The van der Waals surface area contributed by atoms with Gasteiger partial charge in [-0.3, -0.25) is 9.88 Å². The summed E-state index contributed by atoms with van der Waals surface area (Å²) in [4.78, 5) is 12.0. The second-order valence-electron chi connectivity index (χ2n) is 5.41. The van der Waals surface area contributed by atoms with E-state index in [4.69, 9.17) is 0 Å². The standard InChI is InChI=1S/C15H19N2OP/c1-10-13(11-5-3-2-4-6-11)9-14(15(18)16-10)17-19-12-7-8-12/h2-6,10,13-14,17H,7-9H2,1H3,(H,16,18). The lowest BCUT2D eigenvalue weighted by molar-refractivity contribution is -0.125. The van der Waals surface area contributed by atoms with Crippen LogP contribution in [-0.4, -0.2) is 23.3 Å². The number of carbonyl (C=O) groups is 1. The second kappa shape index (κ2) is 5.44. The predicted octanol–water partition coefficient (Wildman–Crippen LogP) is 2.46. The van der Waals surface area contributed by atoms with Crippen LogP contribution in [0.25, 0.3) is 0 Å². The van der Waals surface area contributed by atoms with Crippen LogP contribution in [0.4, 0.5) is 0 Å². The smallest absolute Gasteiger partial charge is 0.238 e. The van der Waals surface area contributed by atoms with Crippen molar-refractivity contribution in [1.29, 1.82) is 0 Å². The summed E-state index contributed by atoms with van der Waals surface area (Å²) in [5.74, 6) is 0.546. The minimum Gasteiger partial charge on any atom is -0.352 e. The van der Waals surface area contributed by atoms with E-state index < -0.39 is 0 Å². The van der Waals surface area contributed by atoms with E-state index in [1.54, 1.807) is 0 Å². The molecule has 1 saturated heterocycles. The first-order valence-corrected chi connectivity index (χ1v) is 7.80. The molecule has 0 spiro atoms. The minimum atomic E-state index is -0.0591. The lowest BCUT2D eigenvalue weighted by Gasteiger charge is -2.34. The fourth-order valence-electron chi connectivity index (χ4n) is 2.56. The van der Waals surface area contributed by atoms with Gasteiger partial charge in [0, 0.05) is 12.0 Å². The molecule has 1 aliphatic carbocycles. The molecule has 1 saturated carbocycles. The molecule has 0 bridgehead atoms. The topological polar surface area (TPSA) is 41.1 Å². The number of rotatable bonds is 3. The predicted molar refractivity (Wildman–Crippen MR) is 79.5 cm³/mol. The van der Waals surface area contributed by atoms with E-state index in [2.05, 4.69) is 41.6 Å². The van der Waals surface area contributed by atoms with Crippen LogP contribution in [-0.2, 0) is 4.79 Å². The van der Waals surface area contributed by atoms with Gasteiger partial charge in [-0.25, -0.2) is 0 Å². The maximum absolute atomic E-state index is 12.0. The molecule has 0 radical (unpaired) electrons. The average molecular weight is 274 g/mol. The molecular weight excluding hydrogens is 255 g/mol. The van der Waals surface area contributed by atoms with Crippen molar-refractivity contribution in [3.63, 3.8) is 0 Å². The van der Waals surface area contributed by atoms with Gasteiger partial charge in [0.15, 0.2) is 0 Å². The first kappa shape index (κ1) is 12.8. The molecule has 4 heteroatoms. The molecule has 3 unspecified atom stereocenters. The van der Waals surface area contributed by atoms with E-state index in [1.807, 2.05) is 6.07 Å². The van der Waals surface area contributed by atoms with Crippen LogP contribution in [0.2, 0.25) is 0 Å². The van der Waals surface area contributed by atoms with E-state index in [1.165, 1.54) is 23.7 Å². The third kappa shape index (κ3) is 3.05. The van der Waals surface area contributed by atoms with Crippen molar-refractivity contribution in [1.82, 2.24) is 10.4 Å². The van der Waals surface area contributed by atoms with Crippen LogP contribution < -0.4 is 10.4 Å². The summed E-state index contributed by atoms with van der Waals surface area (Å²) in [6.45, 7) is 2.10. The Bertz CT molecular complexity index is 494. The monoisotopic (exact) mass is 274 g/mol. The molecule has 0 aromatic heterocycles. The van der Waals surface area contributed by atoms with Crippen molar-refractivity contribution >= 4 is 19.6 Å². The highest BCUT2D eigenvalue weighted by atomic mass is 31.1. The summed E-state index contributed by atoms with van der Waals surface area (Å²) in [6.07, 6.45) is 3.33. The van der Waals surface area contributed by atoms with E-state index >= 15 is 0 Å². The van der Waals surface area contributed by atoms with Gasteiger partial charge in [-0.1, -0.05) is 30.3 Å². The zero-order valence-electron chi connectivity index (χ0n) is 11.1. The number of hydrogen-bond donors (Lipinski definition) is 2. The summed E-state index contributed by atoms with van der Waals surface area (Å²) >= 11 is 0. The molecule has 1 aliphatic heterocycles. The van der Waals surface area contributed by atoms with Gasteiger partial charge in [-0.05, 0) is 45.4 Å². The quantitative estimate of drug-likeness (QED) is 0.831. The van der Waals surface area contributed by atoms with E-state index in [-0.39, 0.29) is 18.0 Å². The molecule has 1 aromatic carbocycles. The molecule has 3 nitrogen and oxygen atoms in total. The van der Waals surface area contributed by atoms with Crippen molar-refractivity contribution < 1.29 is 4.79 Å². The molecule has 2 N–H and O–H groups in total. The Morgan fingerprint density at radius 3 is 2.68 bits per heavy atom. The molecular formula is C15H19N2OP. The van der Waals surface area contributed by atoms with Crippen LogP contribution in [0.5, 0.6) is 0 Å². The van der Waals surface area contributed by atoms with Gasteiger partial charge in [0.25, 0.3) is 0 Å². The lowest BCUT2D eigenvalue weighted by Crippen LogP contribution is -2.53. The average Bonchev–Trinajstić information content (AvgIpc) is 3.23. The van der Waals surface area contributed by atoms with Gasteiger partial charge < -0.3 is 5.32 Å². The second-order valence-corrected chi connectivity index (χ2v) is 6.52. The number of nitrogens with one attached hydrogen (secondary N) is 2. The third-order valence-corrected chi connectivity index (χ3v) is 5.06. The van der Waals surface area contributed by atoms with Crippen LogP contribution in [0.15, 0.2) is 30.3 Å². The number of benzene rings is 1. The molecule has 2 fully saturated rings. The Morgan fingerprint density at radius 2 is 2.00 bits per heavy atom. The minimum absolute atomic E-state index is 0.0591. The number of hydrogen-bond acceptors (Lipinski definition) is 2. The lowest BCUT2D eigenvalue weighted by atomic mass is 9.83. The molecule has 3 atom stereocenters. The van der Waals surface area contributed by atoms with E-state index in [9.17, 15) is 4.79 Å². The highest BCUT2D eigenvalue weighted by Crippen LogP contribution is 2.30. The highest BCUT2D eigenvalue weighted by Gasteiger charge is 2.33. The largest absolute Gasteiger partial charge is 0.352 e. The van der Waals surface area contributed by atoms with E-state index in [0.29, 0.717) is 5.92 Å². The van der Waals surface area contributed by atoms with Gasteiger partial charge in [-0.2, -0.15) is 0 Å². The fourth-order valence-corrected chi connectivity index (χ4v) is 3.46. The third-order valence-electron chi connectivity index (χ3n) is 3.86. The van der Waals surface area contributed by atoms with Crippen molar-refractivity contribution in [2.24, 2.45) is 0 Å². The maximum atomic E-state index is 12.0. The summed E-state index contributed by atoms with van der Waals surface area (Å²) in [5, 5.41) is 8.00. The number of carbonyl (C=O) groups excluding carboxylic acids is 1. The van der Waals surface area contributed by atoms with Crippen LogP contribution >= 0.6 is 8.35 Å². The van der Waals surface area contributed by atoms with Crippen molar-refractivity contribution in [2.75, 3.05) is 0 Å². The van der Waals surface area contributed by atoms with Crippen LogP contribution in [0.3, 0.4) is 0 Å². The molecule has 19 heavy (non-hydrogen) atoms. The normalized spacial score (nSPS) is 30.3. The van der Waals surface area contributed by atoms with Gasteiger partial charge in [-0.15, -0.1) is 0 Å². The van der Waals surface area contributed by atoms with Crippen LogP contribution in [0, 0.1) is 0 Å². The molecule has 2 aliphatic rings. The van der Waals surface area contributed by atoms with Gasteiger partial charge in [0.05, 0.1) is 6.04 Å². The fraction of sp³-hybridized carbons (Fsp3) is 0.467. The Hall–Kier alpha value is -1.18. The molecule has 1 aromatic rings.